The number of anilines is 3. The van der Waals surface area contributed by atoms with Gasteiger partial charge in [-0.15, -0.1) is 0 Å². The van der Waals surface area contributed by atoms with E-state index < -0.39 is 38.2 Å². The number of benzene rings is 3. The maximum Gasteiger partial charge on any atom is 0.301 e. The van der Waals surface area contributed by atoms with Crippen molar-refractivity contribution in [3.63, 3.8) is 0 Å². The molecular weight excluding hydrogens is 495 g/mol. The highest BCUT2D eigenvalue weighted by atomic mass is 32.2. The predicted molar refractivity (Wildman–Crippen MR) is 136 cm³/mol. The van der Waals surface area contributed by atoms with Crippen LogP contribution in [0.2, 0.25) is 0 Å². The van der Waals surface area contributed by atoms with Gasteiger partial charge in [0.1, 0.15) is 6.67 Å². The van der Waals surface area contributed by atoms with Crippen molar-refractivity contribution in [3.8, 4) is 0 Å². The molecule has 1 amide bonds. The van der Waals surface area contributed by atoms with E-state index in [1.54, 1.807) is 24.3 Å². The van der Waals surface area contributed by atoms with Gasteiger partial charge in [0.15, 0.2) is 0 Å². The van der Waals surface area contributed by atoms with E-state index in [1.165, 1.54) is 64.3 Å². The van der Waals surface area contributed by atoms with Crippen LogP contribution in [-0.2, 0) is 25.0 Å². The fraction of sp³-hybridized carbons (Fsp3) is 0.261. The molecule has 0 radical (unpaired) electrons. The number of carbonyl (C=O) groups is 1. The molecule has 0 aliphatic heterocycles. The minimum Gasteiger partial charge on any atom is -0.326 e. The highest BCUT2D eigenvalue weighted by molar-refractivity contribution is 7.93. The number of hydrogen-bond acceptors (Lipinski definition) is 5. The lowest BCUT2D eigenvalue weighted by Gasteiger charge is -2.19. The number of halogens is 1. The minimum absolute atomic E-state index is 0.0389. The zero-order valence-electron chi connectivity index (χ0n) is 19.7. The summed E-state index contributed by atoms with van der Waals surface area (Å²) < 4.78 is 69.9. The van der Waals surface area contributed by atoms with Gasteiger partial charge in [0, 0.05) is 36.2 Å². The quantitative estimate of drug-likeness (QED) is 0.394. The molecule has 0 saturated heterocycles. The van der Waals surface area contributed by atoms with Gasteiger partial charge in [-0.2, -0.15) is 12.7 Å². The van der Waals surface area contributed by atoms with Gasteiger partial charge in [0.05, 0.1) is 16.0 Å². The highest BCUT2D eigenvalue weighted by Crippen LogP contribution is 2.31. The van der Waals surface area contributed by atoms with Gasteiger partial charge in [0.25, 0.3) is 10.0 Å². The second-order valence-corrected chi connectivity index (χ2v) is 12.2. The number of amides is 1. The molecule has 35 heavy (non-hydrogen) atoms. The molecule has 0 saturated carbocycles. The molecule has 0 heterocycles. The number of nitrogens with one attached hydrogen (secondary N) is 3. The van der Waals surface area contributed by atoms with Crippen LogP contribution in [0.3, 0.4) is 0 Å². The van der Waals surface area contributed by atoms with Crippen LogP contribution < -0.4 is 14.8 Å². The summed E-state index contributed by atoms with van der Waals surface area (Å²) in [6.07, 6.45) is 0. The first-order valence-electron chi connectivity index (χ1n) is 10.5. The standard InChI is InChI=1S/C23H27FN4O5S2/c1-23(2,15-24)22(29)25-16-11-13-17(14-12-16)26-34(30,31)21-10-6-7-18-19(21)8-5-9-20(18)27-35(32,33)28(3)4/h5-14,26-27H,15H2,1-4H3,(H,25,29). The third-order valence-corrected chi connectivity index (χ3v) is 8.11. The van der Waals surface area contributed by atoms with Crippen molar-refractivity contribution in [2.45, 2.75) is 18.7 Å². The van der Waals surface area contributed by atoms with Gasteiger partial charge in [0.2, 0.25) is 5.91 Å². The molecule has 9 nitrogen and oxygen atoms in total. The molecule has 0 spiro atoms. The summed E-state index contributed by atoms with van der Waals surface area (Å²) >= 11 is 0. The number of fused-ring (bicyclic) bond motifs is 1. The molecule has 0 atom stereocenters. The molecule has 0 fully saturated rings. The summed E-state index contributed by atoms with van der Waals surface area (Å²) in [6, 6.07) is 15.2. The first-order chi connectivity index (χ1) is 16.3. The first-order valence-corrected chi connectivity index (χ1v) is 13.4. The number of sulfonamides is 1. The number of alkyl halides is 1. The number of nitrogens with zero attached hydrogens (tertiary/aromatic N) is 1. The molecule has 3 aromatic carbocycles. The van der Waals surface area contributed by atoms with Crippen LogP contribution in [0.15, 0.2) is 65.6 Å². The Balaban J connectivity index is 1.89. The topological polar surface area (TPSA) is 125 Å². The van der Waals surface area contributed by atoms with E-state index >= 15 is 0 Å². The van der Waals surface area contributed by atoms with Gasteiger partial charge >= 0.3 is 10.2 Å². The van der Waals surface area contributed by atoms with E-state index in [0.717, 1.165) is 4.31 Å². The van der Waals surface area contributed by atoms with Crippen LogP contribution in [0.4, 0.5) is 21.5 Å². The third-order valence-electron chi connectivity index (χ3n) is 5.23. The van der Waals surface area contributed by atoms with E-state index in [2.05, 4.69) is 14.8 Å². The lowest BCUT2D eigenvalue weighted by Crippen LogP contribution is -2.32. The molecule has 0 bridgehead atoms. The third kappa shape index (κ3) is 5.89. The summed E-state index contributed by atoms with van der Waals surface area (Å²) in [5, 5.41) is 3.34. The second-order valence-electron chi connectivity index (χ2n) is 8.70. The summed E-state index contributed by atoms with van der Waals surface area (Å²) in [6.45, 7) is 2.14. The Morgan fingerprint density at radius 3 is 2.03 bits per heavy atom. The van der Waals surface area contributed by atoms with Crippen LogP contribution in [0.1, 0.15) is 13.8 Å². The minimum atomic E-state index is -4.05. The molecule has 0 unspecified atom stereocenters. The fourth-order valence-corrected chi connectivity index (χ4v) is 4.95. The summed E-state index contributed by atoms with van der Waals surface area (Å²) in [7, 11) is -5.09. The van der Waals surface area contributed by atoms with Crippen molar-refractivity contribution >= 4 is 54.0 Å². The van der Waals surface area contributed by atoms with Crippen molar-refractivity contribution in [1.29, 1.82) is 0 Å². The van der Waals surface area contributed by atoms with Gasteiger partial charge in [-0.3, -0.25) is 14.2 Å². The Bertz CT molecular complexity index is 1460. The number of hydrogen-bond donors (Lipinski definition) is 3. The lowest BCUT2D eigenvalue weighted by molar-refractivity contribution is -0.124. The predicted octanol–water partition coefficient (Wildman–Crippen LogP) is 3.79. The molecule has 3 N–H and O–H groups in total. The Morgan fingerprint density at radius 1 is 0.857 bits per heavy atom. The second kappa shape index (κ2) is 9.80. The molecule has 188 valence electrons. The van der Waals surface area contributed by atoms with E-state index in [4.69, 9.17) is 0 Å². The molecule has 0 aliphatic carbocycles. The van der Waals surface area contributed by atoms with Crippen molar-refractivity contribution in [3.05, 3.63) is 60.7 Å². The van der Waals surface area contributed by atoms with Crippen molar-refractivity contribution in [2.24, 2.45) is 5.41 Å². The Labute approximate surface area is 204 Å². The largest absolute Gasteiger partial charge is 0.326 e. The maximum atomic E-state index is 13.2. The first kappa shape index (κ1) is 26.4. The summed E-state index contributed by atoms with van der Waals surface area (Å²) in [5.41, 5.74) is -0.310. The van der Waals surface area contributed by atoms with Gasteiger partial charge in [-0.1, -0.05) is 24.3 Å². The number of carbonyl (C=O) groups excluding carboxylic acids is 1. The van der Waals surface area contributed by atoms with Crippen LogP contribution >= 0.6 is 0 Å². The van der Waals surface area contributed by atoms with E-state index in [0.29, 0.717) is 16.5 Å². The van der Waals surface area contributed by atoms with Crippen molar-refractivity contribution in [1.82, 2.24) is 4.31 Å². The van der Waals surface area contributed by atoms with Gasteiger partial charge in [-0.05, 0) is 50.2 Å². The highest BCUT2D eigenvalue weighted by Gasteiger charge is 2.27. The van der Waals surface area contributed by atoms with E-state index in [-0.39, 0.29) is 16.3 Å². The average Bonchev–Trinajstić information content (AvgIpc) is 2.79. The van der Waals surface area contributed by atoms with Crippen LogP contribution in [0, 0.1) is 5.41 Å². The smallest absolute Gasteiger partial charge is 0.301 e. The van der Waals surface area contributed by atoms with E-state index in [9.17, 15) is 26.0 Å². The van der Waals surface area contributed by atoms with Crippen LogP contribution in [-0.4, -0.2) is 47.8 Å². The number of rotatable bonds is 9. The summed E-state index contributed by atoms with van der Waals surface area (Å²) in [4.78, 5) is 12.1. The summed E-state index contributed by atoms with van der Waals surface area (Å²) in [5.74, 6) is -0.496. The SMILES string of the molecule is CN(C)S(=O)(=O)Nc1cccc2c(S(=O)(=O)Nc3ccc(NC(=O)C(C)(C)CF)cc3)cccc12. The molecule has 0 aromatic heterocycles. The molecule has 3 rings (SSSR count). The maximum absolute atomic E-state index is 13.2. The van der Waals surface area contributed by atoms with Crippen LogP contribution in [0.5, 0.6) is 0 Å². The van der Waals surface area contributed by atoms with Gasteiger partial charge in [-0.25, -0.2) is 12.8 Å². The monoisotopic (exact) mass is 522 g/mol. The zero-order valence-corrected chi connectivity index (χ0v) is 21.3. The van der Waals surface area contributed by atoms with E-state index in [1.807, 2.05) is 0 Å². The molecule has 0 aliphatic rings. The fourth-order valence-electron chi connectivity index (χ4n) is 3.03. The normalized spacial score (nSPS) is 12.5. The lowest BCUT2D eigenvalue weighted by atomic mass is 9.94. The average molecular weight is 523 g/mol. The Hall–Kier alpha value is -3.22. The zero-order chi connectivity index (χ0) is 26.0. The Kier molecular flexibility index (Phi) is 7.39. The molecular formula is C23H27FN4O5S2. The van der Waals surface area contributed by atoms with Gasteiger partial charge < -0.3 is 5.32 Å². The van der Waals surface area contributed by atoms with Crippen molar-refractivity contribution < 1.29 is 26.0 Å². The molecule has 12 heteroatoms. The Morgan fingerprint density at radius 2 is 1.43 bits per heavy atom. The molecule has 3 aromatic rings. The van der Waals surface area contributed by atoms with Crippen molar-refractivity contribution in [2.75, 3.05) is 35.5 Å². The van der Waals surface area contributed by atoms with Crippen LogP contribution in [0.25, 0.3) is 10.8 Å².